The van der Waals surface area contributed by atoms with Crippen LogP contribution < -0.4 is 4.90 Å². The highest BCUT2D eigenvalue weighted by Crippen LogP contribution is 2.34. The Balaban J connectivity index is 1.62. The Bertz CT molecular complexity index is 1130. The zero-order valence-electron chi connectivity index (χ0n) is 17.8. The third-order valence-corrected chi connectivity index (χ3v) is 5.22. The van der Waals surface area contributed by atoms with Crippen molar-refractivity contribution >= 4 is 28.9 Å². The van der Waals surface area contributed by atoms with Gasteiger partial charge in [-0.1, -0.05) is 83.9 Å². The molecule has 0 radical (unpaired) electrons. The normalized spacial score (nSPS) is 10.9. The number of aryl methyl sites for hydroxylation is 2. The van der Waals surface area contributed by atoms with E-state index < -0.39 is 0 Å². The van der Waals surface area contributed by atoms with Crippen molar-refractivity contribution in [3.63, 3.8) is 0 Å². The van der Waals surface area contributed by atoms with E-state index in [-0.39, 0.29) is 5.78 Å². The van der Waals surface area contributed by atoms with Crippen LogP contribution in [0.1, 0.15) is 27.0 Å². The van der Waals surface area contributed by atoms with Crippen molar-refractivity contribution < 1.29 is 4.79 Å². The lowest BCUT2D eigenvalue weighted by Crippen LogP contribution is -2.09. The van der Waals surface area contributed by atoms with Crippen molar-refractivity contribution in [2.24, 2.45) is 0 Å². The molecule has 4 aromatic carbocycles. The average molecular weight is 404 g/mol. The summed E-state index contributed by atoms with van der Waals surface area (Å²) in [5, 5.41) is 0. The minimum Gasteiger partial charge on any atom is -0.311 e. The van der Waals surface area contributed by atoms with Crippen LogP contribution in [0, 0.1) is 13.8 Å². The molecule has 0 fully saturated rings. The van der Waals surface area contributed by atoms with Gasteiger partial charge in [0.2, 0.25) is 0 Å². The average Bonchev–Trinajstić information content (AvgIpc) is 2.81. The number of benzene rings is 4. The molecule has 0 spiro atoms. The van der Waals surface area contributed by atoms with Gasteiger partial charge in [-0.05, 0) is 61.9 Å². The Morgan fingerprint density at radius 2 is 1.06 bits per heavy atom. The molecular weight excluding hydrogens is 378 g/mol. The first-order valence-corrected chi connectivity index (χ1v) is 10.4. The van der Waals surface area contributed by atoms with E-state index in [1.54, 1.807) is 6.08 Å². The minimum absolute atomic E-state index is 0.00520. The summed E-state index contributed by atoms with van der Waals surface area (Å²) >= 11 is 0. The van der Waals surface area contributed by atoms with Crippen molar-refractivity contribution in [3.05, 3.63) is 131 Å². The van der Waals surface area contributed by atoms with Gasteiger partial charge in [0.15, 0.2) is 5.78 Å². The smallest absolute Gasteiger partial charge is 0.185 e. The van der Waals surface area contributed by atoms with E-state index in [0.717, 1.165) is 22.6 Å². The van der Waals surface area contributed by atoms with Gasteiger partial charge < -0.3 is 4.90 Å². The summed E-state index contributed by atoms with van der Waals surface area (Å²) in [6.45, 7) is 4.19. The molecule has 0 aliphatic carbocycles. The van der Waals surface area contributed by atoms with Gasteiger partial charge in [0.1, 0.15) is 0 Å². The number of allylic oxidation sites excluding steroid dienone is 1. The standard InChI is InChI=1S/C29H25NO/c1-22-8-15-26(16-9-22)30(27-17-10-23(2)11-18-27)28-19-12-24(13-20-28)14-21-29(31)25-6-4-3-5-7-25/h3-21H,1-2H3. The number of carbonyl (C=O) groups is 1. The van der Waals surface area contributed by atoms with Crippen molar-refractivity contribution in [2.45, 2.75) is 13.8 Å². The fraction of sp³-hybridized carbons (Fsp3) is 0.0690. The second-order valence-electron chi connectivity index (χ2n) is 7.66. The van der Waals surface area contributed by atoms with E-state index >= 15 is 0 Å². The molecule has 0 aliphatic rings. The fourth-order valence-electron chi connectivity index (χ4n) is 3.44. The Hall–Kier alpha value is -3.91. The highest BCUT2D eigenvalue weighted by atomic mass is 16.1. The number of hydrogen-bond acceptors (Lipinski definition) is 2. The topological polar surface area (TPSA) is 20.3 Å². The van der Waals surface area contributed by atoms with Gasteiger partial charge >= 0.3 is 0 Å². The lowest BCUT2D eigenvalue weighted by Gasteiger charge is -2.25. The van der Waals surface area contributed by atoms with Crippen LogP contribution in [0.4, 0.5) is 17.1 Å². The van der Waals surface area contributed by atoms with E-state index in [1.165, 1.54) is 11.1 Å². The highest BCUT2D eigenvalue weighted by molar-refractivity contribution is 6.06. The zero-order chi connectivity index (χ0) is 21.6. The first-order chi connectivity index (χ1) is 15.1. The van der Waals surface area contributed by atoms with Crippen LogP contribution >= 0.6 is 0 Å². The second kappa shape index (κ2) is 9.27. The van der Waals surface area contributed by atoms with Gasteiger partial charge in [-0.15, -0.1) is 0 Å². The number of anilines is 3. The molecule has 152 valence electrons. The number of carbonyl (C=O) groups excluding carboxylic acids is 1. The molecule has 0 heterocycles. The highest BCUT2D eigenvalue weighted by Gasteiger charge is 2.12. The molecule has 4 aromatic rings. The molecule has 4 rings (SSSR count). The van der Waals surface area contributed by atoms with Crippen LogP contribution in [0.15, 0.2) is 109 Å². The van der Waals surface area contributed by atoms with Crippen molar-refractivity contribution in [1.82, 2.24) is 0 Å². The second-order valence-corrected chi connectivity index (χ2v) is 7.66. The molecule has 0 amide bonds. The molecule has 0 saturated heterocycles. The van der Waals surface area contributed by atoms with Gasteiger partial charge in [0.25, 0.3) is 0 Å². The Labute approximate surface area is 184 Å². The van der Waals surface area contributed by atoms with Crippen LogP contribution in [-0.4, -0.2) is 5.78 Å². The van der Waals surface area contributed by atoms with Crippen molar-refractivity contribution in [2.75, 3.05) is 4.90 Å². The van der Waals surface area contributed by atoms with Gasteiger partial charge in [-0.3, -0.25) is 4.79 Å². The lowest BCUT2D eigenvalue weighted by atomic mass is 10.1. The summed E-state index contributed by atoms with van der Waals surface area (Å²) in [7, 11) is 0. The number of ketones is 1. The van der Waals surface area contributed by atoms with Gasteiger partial charge in [0, 0.05) is 22.6 Å². The molecular formula is C29H25NO. The Morgan fingerprint density at radius 1 is 0.613 bits per heavy atom. The predicted octanol–water partition coefficient (Wildman–Crippen LogP) is 7.67. The summed E-state index contributed by atoms with van der Waals surface area (Å²) in [6, 6.07) is 34.7. The molecule has 0 bridgehead atoms. The number of hydrogen-bond donors (Lipinski definition) is 0. The SMILES string of the molecule is Cc1ccc(N(c2ccc(C)cc2)c2ccc(C=CC(=O)c3ccccc3)cc2)cc1. The van der Waals surface area contributed by atoms with Gasteiger partial charge in [-0.2, -0.15) is 0 Å². The summed E-state index contributed by atoms with van der Waals surface area (Å²) in [5.41, 5.74) is 7.43. The number of nitrogens with zero attached hydrogens (tertiary/aromatic N) is 1. The molecule has 2 nitrogen and oxygen atoms in total. The largest absolute Gasteiger partial charge is 0.311 e. The Morgan fingerprint density at radius 3 is 1.55 bits per heavy atom. The van der Waals surface area contributed by atoms with E-state index in [1.807, 2.05) is 48.5 Å². The van der Waals surface area contributed by atoms with Crippen LogP contribution in [-0.2, 0) is 0 Å². The predicted molar refractivity (Wildman–Crippen MR) is 130 cm³/mol. The van der Waals surface area contributed by atoms with Gasteiger partial charge in [-0.25, -0.2) is 0 Å². The maximum absolute atomic E-state index is 12.3. The van der Waals surface area contributed by atoms with E-state index in [0.29, 0.717) is 5.56 Å². The molecule has 2 heteroatoms. The zero-order valence-corrected chi connectivity index (χ0v) is 17.8. The maximum atomic E-state index is 12.3. The molecule has 0 aliphatic heterocycles. The fourth-order valence-corrected chi connectivity index (χ4v) is 3.44. The third-order valence-electron chi connectivity index (χ3n) is 5.22. The molecule has 0 N–H and O–H groups in total. The summed E-state index contributed by atoms with van der Waals surface area (Å²) in [6.07, 6.45) is 3.49. The van der Waals surface area contributed by atoms with Crippen LogP contribution in [0.5, 0.6) is 0 Å². The summed E-state index contributed by atoms with van der Waals surface area (Å²) in [5.74, 6) is 0.00520. The number of rotatable bonds is 6. The molecule has 0 aromatic heterocycles. The first kappa shape index (κ1) is 20.4. The quantitative estimate of drug-likeness (QED) is 0.243. The monoisotopic (exact) mass is 403 g/mol. The molecule has 31 heavy (non-hydrogen) atoms. The first-order valence-electron chi connectivity index (χ1n) is 10.4. The van der Waals surface area contributed by atoms with E-state index in [9.17, 15) is 4.79 Å². The summed E-state index contributed by atoms with van der Waals surface area (Å²) < 4.78 is 0. The van der Waals surface area contributed by atoms with E-state index in [2.05, 4.69) is 79.4 Å². The van der Waals surface area contributed by atoms with Crippen molar-refractivity contribution in [1.29, 1.82) is 0 Å². The Kier molecular flexibility index (Phi) is 6.09. The van der Waals surface area contributed by atoms with Gasteiger partial charge in [0.05, 0.1) is 0 Å². The summed E-state index contributed by atoms with van der Waals surface area (Å²) in [4.78, 5) is 14.6. The van der Waals surface area contributed by atoms with Crippen LogP contribution in [0.3, 0.4) is 0 Å². The maximum Gasteiger partial charge on any atom is 0.185 e. The minimum atomic E-state index is 0.00520. The molecule has 0 unspecified atom stereocenters. The molecule has 0 saturated carbocycles. The lowest BCUT2D eigenvalue weighted by molar-refractivity contribution is 0.104. The molecule has 0 atom stereocenters. The van der Waals surface area contributed by atoms with E-state index in [4.69, 9.17) is 0 Å². The van der Waals surface area contributed by atoms with Crippen LogP contribution in [0.25, 0.3) is 6.08 Å². The third kappa shape index (κ3) is 4.99. The van der Waals surface area contributed by atoms with Crippen molar-refractivity contribution in [3.8, 4) is 0 Å². The van der Waals surface area contributed by atoms with Crippen LogP contribution in [0.2, 0.25) is 0 Å².